The Morgan fingerprint density at radius 1 is 1.23 bits per heavy atom. The van der Waals surface area contributed by atoms with Crippen LogP contribution < -0.4 is 5.32 Å². The molecule has 1 N–H and O–H groups in total. The Hall–Kier alpha value is -2.07. The molecule has 3 rings (SSSR count). The van der Waals surface area contributed by atoms with E-state index in [0.29, 0.717) is 5.02 Å². The zero-order valence-corrected chi connectivity index (χ0v) is 13.3. The second-order valence-electron chi connectivity index (χ2n) is 5.26. The molecule has 0 spiro atoms. The second-order valence-corrected chi connectivity index (χ2v) is 5.70. The van der Waals surface area contributed by atoms with E-state index in [1.54, 1.807) is 6.20 Å². The molecule has 0 aromatic carbocycles. The third kappa shape index (κ3) is 3.07. The Bertz CT molecular complexity index is 752. The molecular formula is C17H19ClN4. The van der Waals surface area contributed by atoms with Crippen molar-refractivity contribution in [1.82, 2.24) is 14.4 Å². The molecule has 0 amide bonds. The smallest absolute Gasteiger partial charge is 0.139 e. The summed E-state index contributed by atoms with van der Waals surface area (Å²) >= 11 is 6.14. The topological polar surface area (TPSA) is 42.2 Å². The van der Waals surface area contributed by atoms with Gasteiger partial charge < -0.3 is 5.32 Å². The van der Waals surface area contributed by atoms with E-state index in [1.807, 2.05) is 41.1 Å². The molecule has 0 unspecified atom stereocenters. The average Bonchev–Trinajstić information content (AvgIpc) is 2.90. The van der Waals surface area contributed by atoms with Crippen molar-refractivity contribution in [1.29, 1.82) is 0 Å². The predicted octanol–water partition coefficient (Wildman–Crippen LogP) is 4.65. The Morgan fingerprint density at radius 2 is 2.14 bits per heavy atom. The normalized spacial score (nSPS) is 11.0. The highest BCUT2D eigenvalue weighted by Gasteiger charge is 2.14. The molecule has 0 bridgehead atoms. The number of unbranched alkanes of at least 4 members (excludes halogenated alkanes) is 2. The van der Waals surface area contributed by atoms with Gasteiger partial charge in [0.2, 0.25) is 0 Å². The number of rotatable bonds is 6. The lowest BCUT2D eigenvalue weighted by Crippen LogP contribution is -2.05. The second kappa shape index (κ2) is 6.79. The van der Waals surface area contributed by atoms with Gasteiger partial charge in [0, 0.05) is 30.7 Å². The van der Waals surface area contributed by atoms with Crippen LogP contribution in [0.15, 0.2) is 42.9 Å². The maximum absolute atomic E-state index is 6.14. The Balaban J connectivity index is 2.02. The van der Waals surface area contributed by atoms with Crippen LogP contribution in [0.25, 0.3) is 16.9 Å². The van der Waals surface area contributed by atoms with Gasteiger partial charge in [-0.1, -0.05) is 31.4 Å². The molecule has 3 aromatic rings. The highest BCUT2D eigenvalue weighted by atomic mass is 35.5. The number of hydrogen-bond acceptors (Lipinski definition) is 3. The third-order valence-electron chi connectivity index (χ3n) is 3.59. The van der Waals surface area contributed by atoms with E-state index in [0.717, 1.165) is 35.7 Å². The van der Waals surface area contributed by atoms with Gasteiger partial charge in [0.15, 0.2) is 0 Å². The van der Waals surface area contributed by atoms with Crippen molar-refractivity contribution in [2.75, 3.05) is 11.9 Å². The number of aromatic nitrogens is 3. The summed E-state index contributed by atoms with van der Waals surface area (Å²) in [6, 6.07) is 7.73. The average molecular weight is 315 g/mol. The van der Waals surface area contributed by atoms with Crippen molar-refractivity contribution in [2.24, 2.45) is 0 Å². The van der Waals surface area contributed by atoms with Gasteiger partial charge in [-0.2, -0.15) is 0 Å². The molecule has 0 radical (unpaired) electrons. The molecule has 0 saturated heterocycles. The van der Waals surface area contributed by atoms with Crippen molar-refractivity contribution < 1.29 is 0 Å². The van der Waals surface area contributed by atoms with E-state index in [9.17, 15) is 0 Å². The highest BCUT2D eigenvalue weighted by Crippen LogP contribution is 2.29. The molecule has 3 heterocycles. The summed E-state index contributed by atoms with van der Waals surface area (Å²) in [7, 11) is 0. The van der Waals surface area contributed by atoms with Crippen LogP contribution in [0, 0.1) is 0 Å². The van der Waals surface area contributed by atoms with Gasteiger partial charge in [-0.3, -0.25) is 9.38 Å². The molecule has 0 fully saturated rings. The van der Waals surface area contributed by atoms with Crippen molar-refractivity contribution in [3.63, 3.8) is 0 Å². The van der Waals surface area contributed by atoms with Gasteiger partial charge in [0.25, 0.3) is 0 Å². The van der Waals surface area contributed by atoms with Gasteiger partial charge >= 0.3 is 0 Å². The van der Waals surface area contributed by atoms with Crippen LogP contribution in [0.1, 0.15) is 26.2 Å². The molecule has 5 heteroatoms. The molecule has 0 aliphatic rings. The van der Waals surface area contributed by atoms with Crippen LogP contribution in [0.3, 0.4) is 0 Å². The number of fused-ring (bicyclic) bond motifs is 1. The minimum absolute atomic E-state index is 0.694. The van der Waals surface area contributed by atoms with E-state index < -0.39 is 0 Å². The van der Waals surface area contributed by atoms with Gasteiger partial charge in [-0.25, -0.2) is 4.98 Å². The largest absolute Gasteiger partial charge is 0.369 e. The number of imidazole rings is 1. The SMILES string of the molecule is CCCCCNc1c(-c2cccnc2)nc2ccc(Cl)cn12. The molecule has 4 nitrogen and oxygen atoms in total. The number of halogens is 1. The summed E-state index contributed by atoms with van der Waals surface area (Å²) in [5, 5.41) is 4.20. The lowest BCUT2D eigenvalue weighted by Gasteiger charge is -2.08. The standard InChI is InChI=1S/C17H19ClN4/c1-2-3-4-10-20-17-16(13-6-5-9-19-11-13)21-15-8-7-14(18)12-22(15)17/h5-9,11-12,20H,2-4,10H2,1H3. The monoisotopic (exact) mass is 314 g/mol. The number of nitrogens with one attached hydrogen (secondary N) is 1. The molecule has 0 aliphatic heterocycles. The van der Waals surface area contributed by atoms with E-state index >= 15 is 0 Å². The van der Waals surface area contributed by atoms with Crippen LogP contribution in [-0.2, 0) is 0 Å². The highest BCUT2D eigenvalue weighted by molar-refractivity contribution is 6.30. The molecule has 0 aliphatic carbocycles. The summed E-state index contributed by atoms with van der Waals surface area (Å²) < 4.78 is 2.01. The van der Waals surface area contributed by atoms with Crippen LogP contribution in [0.2, 0.25) is 5.02 Å². The lowest BCUT2D eigenvalue weighted by atomic mass is 10.2. The van der Waals surface area contributed by atoms with E-state index in [2.05, 4.69) is 17.2 Å². The van der Waals surface area contributed by atoms with E-state index in [4.69, 9.17) is 16.6 Å². The van der Waals surface area contributed by atoms with Crippen LogP contribution in [0.4, 0.5) is 5.82 Å². The first-order valence-electron chi connectivity index (χ1n) is 7.61. The van der Waals surface area contributed by atoms with Crippen LogP contribution in [-0.4, -0.2) is 20.9 Å². The van der Waals surface area contributed by atoms with Gasteiger partial charge in [0.1, 0.15) is 17.2 Å². The lowest BCUT2D eigenvalue weighted by molar-refractivity contribution is 0.742. The molecule has 22 heavy (non-hydrogen) atoms. The number of nitrogens with zero attached hydrogens (tertiary/aromatic N) is 3. The fourth-order valence-electron chi connectivity index (χ4n) is 2.47. The summed E-state index contributed by atoms with van der Waals surface area (Å²) in [5.74, 6) is 0.974. The minimum Gasteiger partial charge on any atom is -0.369 e. The Labute approximate surface area is 135 Å². The Morgan fingerprint density at radius 3 is 2.91 bits per heavy atom. The first-order valence-corrected chi connectivity index (χ1v) is 7.99. The zero-order valence-electron chi connectivity index (χ0n) is 12.6. The van der Waals surface area contributed by atoms with Crippen LogP contribution in [0.5, 0.6) is 0 Å². The first-order chi connectivity index (χ1) is 10.8. The molecule has 3 aromatic heterocycles. The summed E-state index contributed by atoms with van der Waals surface area (Å²) in [5.41, 5.74) is 2.79. The zero-order chi connectivity index (χ0) is 15.4. The van der Waals surface area contributed by atoms with Gasteiger partial charge in [-0.05, 0) is 30.7 Å². The number of pyridine rings is 2. The fourth-order valence-corrected chi connectivity index (χ4v) is 2.63. The van der Waals surface area contributed by atoms with Crippen molar-refractivity contribution in [3.05, 3.63) is 47.9 Å². The van der Waals surface area contributed by atoms with E-state index in [-0.39, 0.29) is 0 Å². The quantitative estimate of drug-likeness (QED) is 0.673. The molecule has 114 valence electrons. The van der Waals surface area contributed by atoms with Crippen molar-refractivity contribution in [2.45, 2.75) is 26.2 Å². The maximum atomic E-state index is 6.14. The van der Waals surface area contributed by atoms with Crippen molar-refractivity contribution in [3.8, 4) is 11.3 Å². The van der Waals surface area contributed by atoms with Crippen LogP contribution >= 0.6 is 11.6 Å². The van der Waals surface area contributed by atoms with E-state index in [1.165, 1.54) is 12.8 Å². The number of anilines is 1. The molecule has 0 atom stereocenters. The first kappa shape index (κ1) is 14.9. The number of hydrogen-bond donors (Lipinski definition) is 1. The Kier molecular flexibility index (Phi) is 4.59. The summed E-state index contributed by atoms with van der Waals surface area (Å²) in [6.07, 6.45) is 9.05. The van der Waals surface area contributed by atoms with Crippen molar-refractivity contribution >= 4 is 23.1 Å². The summed E-state index contributed by atoms with van der Waals surface area (Å²) in [4.78, 5) is 8.92. The fraction of sp³-hybridized carbons (Fsp3) is 0.294. The van der Waals surface area contributed by atoms with Gasteiger partial charge in [-0.15, -0.1) is 0 Å². The predicted molar refractivity (Wildman–Crippen MR) is 91.4 cm³/mol. The minimum atomic E-state index is 0.694. The summed E-state index contributed by atoms with van der Waals surface area (Å²) in [6.45, 7) is 3.12. The third-order valence-corrected chi connectivity index (χ3v) is 3.81. The van der Waals surface area contributed by atoms with Gasteiger partial charge in [0.05, 0.1) is 5.02 Å². The molecular weight excluding hydrogens is 296 g/mol. The maximum Gasteiger partial charge on any atom is 0.139 e. The molecule has 0 saturated carbocycles.